The molecule has 0 unspecified atom stereocenters. The molecule has 1 saturated heterocycles. The summed E-state index contributed by atoms with van der Waals surface area (Å²) in [5.74, 6) is 0.147. The first-order valence-corrected chi connectivity index (χ1v) is 9.95. The zero-order valence-electron chi connectivity index (χ0n) is 17.3. The van der Waals surface area contributed by atoms with Gasteiger partial charge in [-0.3, -0.25) is 19.6 Å². The van der Waals surface area contributed by atoms with E-state index in [2.05, 4.69) is 16.4 Å². The lowest BCUT2D eigenvalue weighted by Gasteiger charge is -2.33. The smallest absolute Gasteiger partial charge is 0.269 e. The molecule has 0 aromatic carbocycles. The molecule has 0 radical (unpaired) electrons. The molecule has 2 aromatic rings. The number of likely N-dealkylation sites (tertiary alicyclic amines) is 1. The lowest BCUT2D eigenvalue weighted by molar-refractivity contribution is -0.133. The summed E-state index contributed by atoms with van der Waals surface area (Å²) in [6, 6.07) is 7.72. The van der Waals surface area contributed by atoms with Gasteiger partial charge in [0, 0.05) is 56.3 Å². The van der Waals surface area contributed by atoms with Crippen LogP contribution in [0.4, 0.5) is 0 Å². The van der Waals surface area contributed by atoms with E-state index in [0.29, 0.717) is 25.3 Å². The van der Waals surface area contributed by atoms with Crippen LogP contribution < -0.4 is 5.32 Å². The number of carbonyl (C=O) groups is 2. The zero-order chi connectivity index (χ0) is 20.8. The standard InChI is InChI=1S/C22H28N4O3/c1-15-11-18(16-6-7-19(24-13-16)22(28)23-2)12-20(25-15)17-5-4-9-26(14-17)21(27)8-10-29-3/h6-7,11-13,17H,4-5,8-10,14H2,1-3H3,(H,23,28)/t17-/m0/s1. The number of nitrogens with one attached hydrogen (secondary N) is 1. The number of pyridine rings is 2. The van der Waals surface area contributed by atoms with Crippen molar-refractivity contribution in [3.05, 3.63) is 47.5 Å². The molecule has 1 aliphatic heterocycles. The lowest BCUT2D eigenvalue weighted by atomic mass is 9.92. The van der Waals surface area contributed by atoms with Crippen LogP contribution in [0.25, 0.3) is 11.1 Å². The van der Waals surface area contributed by atoms with Gasteiger partial charge in [-0.25, -0.2) is 0 Å². The Hall–Kier alpha value is -2.80. The monoisotopic (exact) mass is 396 g/mol. The van der Waals surface area contributed by atoms with Crippen LogP contribution >= 0.6 is 0 Å². The fourth-order valence-electron chi connectivity index (χ4n) is 3.69. The molecule has 1 fully saturated rings. The Bertz CT molecular complexity index is 867. The van der Waals surface area contributed by atoms with E-state index in [4.69, 9.17) is 9.72 Å². The molecule has 1 atom stereocenters. The molecule has 0 spiro atoms. The van der Waals surface area contributed by atoms with Crippen molar-refractivity contribution < 1.29 is 14.3 Å². The second-order valence-electron chi connectivity index (χ2n) is 7.36. The number of ether oxygens (including phenoxy) is 1. The van der Waals surface area contributed by atoms with Crippen molar-refractivity contribution in [2.45, 2.75) is 32.1 Å². The minimum Gasteiger partial charge on any atom is -0.384 e. The number of aryl methyl sites for hydroxylation is 1. The number of hydrogen-bond donors (Lipinski definition) is 1. The van der Waals surface area contributed by atoms with Crippen molar-refractivity contribution in [3.8, 4) is 11.1 Å². The van der Waals surface area contributed by atoms with Gasteiger partial charge in [0.15, 0.2) is 0 Å². The minimum absolute atomic E-state index is 0.137. The second-order valence-corrected chi connectivity index (χ2v) is 7.36. The molecule has 0 bridgehead atoms. The van der Waals surface area contributed by atoms with E-state index in [1.165, 1.54) is 0 Å². The second kappa shape index (κ2) is 9.60. The number of rotatable bonds is 6. The zero-order valence-corrected chi connectivity index (χ0v) is 17.3. The maximum Gasteiger partial charge on any atom is 0.269 e. The Balaban J connectivity index is 1.80. The van der Waals surface area contributed by atoms with Crippen LogP contribution in [0.5, 0.6) is 0 Å². The van der Waals surface area contributed by atoms with E-state index in [9.17, 15) is 9.59 Å². The highest BCUT2D eigenvalue weighted by Crippen LogP contribution is 2.29. The van der Waals surface area contributed by atoms with Crippen molar-refractivity contribution >= 4 is 11.8 Å². The van der Waals surface area contributed by atoms with E-state index in [1.54, 1.807) is 26.4 Å². The van der Waals surface area contributed by atoms with E-state index in [-0.39, 0.29) is 17.7 Å². The number of aromatic nitrogens is 2. The fourth-order valence-corrected chi connectivity index (χ4v) is 3.69. The number of piperidine rings is 1. The minimum atomic E-state index is -0.205. The van der Waals surface area contributed by atoms with Crippen LogP contribution in [0.1, 0.15) is 47.1 Å². The summed E-state index contributed by atoms with van der Waals surface area (Å²) < 4.78 is 5.03. The molecule has 7 nitrogen and oxygen atoms in total. The summed E-state index contributed by atoms with van der Waals surface area (Å²) in [5, 5.41) is 2.58. The fraction of sp³-hybridized carbons (Fsp3) is 0.455. The van der Waals surface area contributed by atoms with Gasteiger partial charge in [-0.2, -0.15) is 0 Å². The Kier molecular flexibility index (Phi) is 6.93. The Morgan fingerprint density at radius 3 is 2.79 bits per heavy atom. The van der Waals surface area contributed by atoms with Crippen LogP contribution in [0.2, 0.25) is 0 Å². The average molecular weight is 396 g/mol. The van der Waals surface area contributed by atoms with E-state index >= 15 is 0 Å². The molecule has 1 N–H and O–H groups in total. The summed E-state index contributed by atoms with van der Waals surface area (Å²) in [5.41, 5.74) is 4.27. The Labute approximate surface area is 171 Å². The average Bonchev–Trinajstić information content (AvgIpc) is 2.76. The van der Waals surface area contributed by atoms with E-state index in [0.717, 1.165) is 41.9 Å². The first-order chi connectivity index (χ1) is 14.0. The maximum absolute atomic E-state index is 12.4. The molecule has 1 aliphatic rings. The van der Waals surface area contributed by atoms with Gasteiger partial charge in [-0.1, -0.05) is 6.07 Å². The van der Waals surface area contributed by atoms with Crippen LogP contribution in [0.3, 0.4) is 0 Å². The highest BCUT2D eigenvalue weighted by Gasteiger charge is 2.26. The predicted molar refractivity (Wildman–Crippen MR) is 111 cm³/mol. The van der Waals surface area contributed by atoms with Crippen molar-refractivity contribution in [1.29, 1.82) is 0 Å². The number of methoxy groups -OCH3 is 1. The molecule has 2 amide bonds. The molecule has 29 heavy (non-hydrogen) atoms. The molecule has 154 valence electrons. The summed E-state index contributed by atoms with van der Waals surface area (Å²) >= 11 is 0. The van der Waals surface area contributed by atoms with Crippen molar-refractivity contribution in [1.82, 2.24) is 20.2 Å². The molecular formula is C22H28N4O3. The third kappa shape index (κ3) is 5.17. The summed E-state index contributed by atoms with van der Waals surface area (Å²) in [6.07, 6.45) is 4.11. The molecule has 3 heterocycles. The van der Waals surface area contributed by atoms with Crippen LogP contribution in [-0.2, 0) is 9.53 Å². The topological polar surface area (TPSA) is 84.4 Å². The van der Waals surface area contributed by atoms with Crippen LogP contribution in [0, 0.1) is 6.92 Å². The van der Waals surface area contributed by atoms with Gasteiger partial charge in [0.25, 0.3) is 5.91 Å². The summed E-state index contributed by atoms with van der Waals surface area (Å²) in [4.78, 5) is 35.0. The molecule has 0 aliphatic carbocycles. The molecule has 7 heteroatoms. The van der Waals surface area contributed by atoms with Crippen molar-refractivity contribution in [2.75, 3.05) is 33.9 Å². The normalized spacial score (nSPS) is 16.5. The van der Waals surface area contributed by atoms with Gasteiger partial charge >= 0.3 is 0 Å². The quantitative estimate of drug-likeness (QED) is 0.811. The third-order valence-electron chi connectivity index (χ3n) is 5.24. The van der Waals surface area contributed by atoms with Crippen LogP contribution in [-0.4, -0.2) is 60.5 Å². The molecular weight excluding hydrogens is 368 g/mol. The van der Waals surface area contributed by atoms with E-state index < -0.39 is 0 Å². The first-order valence-electron chi connectivity index (χ1n) is 9.95. The summed E-state index contributed by atoms with van der Waals surface area (Å²) in [7, 11) is 3.20. The highest BCUT2D eigenvalue weighted by atomic mass is 16.5. The molecule has 0 saturated carbocycles. The van der Waals surface area contributed by atoms with Gasteiger partial charge < -0.3 is 15.0 Å². The number of hydrogen-bond acceptors (Lipinski definition) is 5. The largest absolute Gasteiger partial charge is 0.384 e. The highest BCUT2D eigenvalue weighted by molar-refractivity contribution is 5.92. The first kappa shape index (κ1) is 20.9. The van der Waals surface area contributed by atoms with Crippen molar-refractivity contribution in [2.24, 2.45) is 0 Å². The Morgan fingerprint density at radius 1 is 1.28 bits per heavy atom. The molecule has 3 rings (SSSR count). The maximum atomic E-state index is 12.4. The SMILES string of the molecule is CNC(=O)c1ccc(-c2cc(C)nc([C@H]3CCCN(C(=O)CCOC)C3)c2)cn1. The van der Waals surface area contributed by atoms with Crippen molar-refractivity contribution in [3.63, 3.8) is 0 Å². The third-order valence-corrected chi connectivity index (χ3v) is 5.24. The van der Waals surface area contributed by atoms with Gasteiger partial charge in [0.1, 0.15) is 5.69 Å². The predicted octanol–water partition coefficient (Wildman–Crippen LogP) is 2.55. The molecule has 2 aromatic heterocycles. The van der Waals surface area contributed by atoms with Gasteiger partial charge in [-0.05, 0) is 43.5 Å². The Morgan fingerprint density at radius 2 is 2.10 bits per heavy atom. The lowest BCUT2D eigenvalue weighted by Crippen LogP contribution is -2.39. The number of carbonyl (C=O) groups excluding carboxylic acids is 2. The van der Waals surface area contributed by atoms with E-state index in [1.807, 2.05) is 24.0 Å². The van der Waals surface area contributed by atoms with Gasteiger partial charge in [0.05, 0.1) is 13.0 Å². The van der Waals surface area contributed by atoms with Crippen LogP contribution in [0.15, 0.2) is 30.5 Å². The summed E-state index contributed by atoms with van der Waals surface area (Å²) in [6.45, 7) is 3.91. The van der Waals surface area contributed by atoms with Gasteiger partial charge in [-0.15, -0.1) is 0 Å². The number of amides is 2. The number of nitrogens with zero attached hydrogens (tertiary/aromatic N) is 3. The van der Waals surface area contributed by atoms with Gasteiger partial charge in [0.2, 0.25) is 5.91 Å².